The predicted octanol–water partition coefficient (Wildman–Crippen LogP) is 2.72. The highest BCUT2D eigenvalue weighted by Gasteiger charge is 2.07. The van der Waals surface area contributed by atoms with E-state index >= 15 is 0 Å². The zero-order valence-electron chi connectivity index (χ0n) is 7.13. The van der Waals surface area contributed by atoms with E-state index in [0.29, 0.717) is 12.0 Å². The molecule has 0 aliphatic heterocycles. The fraction of sp³-hybridized carbons (Fsp3) is 0.222. The van der Waals surface area contributed by atoms with Crippen LogP contribution in [0.15, 0.2) is 12.1 Å². The van der Waals surface area contributed by atoms with Crippen molar-refractivity contribution in [2.75, 3.05) is 0 Å². The Morgan fingerprint density at radius 3 is 2.21 bits per heavy atom. The molecule has 2 N–H and O–H groups in total. The van der Waals surface area contributed by atoms with Gasteiger partial charge in [0.15, 0.2) is 5.75 Å². The number of halogens is 2. The second kappa shape index (κ2) is 4.53. The molecule has 0 saturated carbocycles. The summed E-state index contributed by atoms with van der Waals surface area (Å²) in [5.74, 6) is -1.06. The Kier molecular flexibility index (Phi) is 3.61. The lowest BCUT2D eigenvalue weighted by Gasteiger charge is -2.03. The fourth-order valence-corrected chi connectivity index (χ4v) is 1.55. The van der Waals surface area contributed by atoms with Gasteiger partial charge in [0.05, 0.1) is 10.0 Å². The van der Waals surface area contributed by atoms with Crippen molar-refractivity contribution >= 4 is 29.2 Å². The summed E-state index contributed by atoms with van der Waals surface area (Å²) in [6, 6.07) is 3.01. The van der Waals surface area contributed by atoms with E-state index in [9.17, 15) is 9.90 Å². The van der Waals surface area contributed by atoms with E-state index in [4.69, 9.17) is 28.3 Å². The first-order valence-electron chi connectivity index (χ1n) is 3.89. The summed E-state index contributed by atoms with van der Waals surface area (Å²) in [5, 5.41) is 18.0. The highest BCUT2D eigenvalue weighted by molar-refractivity contribution is 6.37. The summed E-state index contributed by atoms with van der Waals surface area (Å²) in [6.07, 6.45) is 0.354. The second-order valence-electron chi connectivity index (χ2n) is 2.80. The Balaban J connectivity index is 2.84. The molecule has 0 unspecified atom stereocenters. The minimum Gasteiger partial charge on any atom is -0.505 e. The predicted molar refractivity (Wildman–Crippen MR) is 54.1 cm³/mol. The normalized spacial score (nSPS) is 10.1. The van der Waals surface area contributed by atoms with Crippen molar-refractivity contribution in [3.8, 4) is 5.75 Å². The van der Waals surface area contributed by atoms with Gasteiger partial charge in [0.25, 0.3) is 0 Å². The van der Waals surface area contributed by atoms with Crippen LogP contribution in [0.5, 0.6) is 5.75 Å². The number of hydrogen-bond donors (Lipinski definition) is 2. The average molecular weight is 235 g/mol. The number of aromatic hydroxyl groups is 1. The molecule has 0 aliphatic rings. The van der Waals surface area contributed by atoms with Gasteiger partial charge in [0.2, 0.25) is 0 Å². The van der Waals surface area contributed by atoms with Gasteiger partial charge in [-0.3, -0.25) is 4.79 Å². The SMILES string of the molecule is O=C(O)CCc1cc(Cl)c(O)c(Cl)c1. The summed E-state index contributed by atoms with van der Waals surface area (Å²) in [7, 11) is 0. The molecule has 0 atom stereocenters. The van der Waals surface area contributed by atoms with Gasteiger partial charge in [-0.05, 0) is 24.1 Å². The summed E-state index contributed by atoms with van der Waals surface area (Å²) in [6.45, 7) is 0. The highest BCUT2D eigenvalue weighted by Crippen LogP contribution is 2.32. The smallest absolute Gasteiger partial charge is 0.303 e. The van der Waals surface area contributed by atoms with Gasteiger partial charge in [-0.25, -0.2) is 0 Å². The van der Waals surface area contributed by atoms with Gasteiger partial charge in [-0.2, -0.15) is 0 Å². The number of carbonyl (C=O) groups is 1. The monoisotopic (exact) mass is 234 g/mol. The number of carboxylic acid groups (broad SMARTS) is 1. The number of aliphatic carboxylic acids is 1. The van der Waals surface area contributed by atoms with Crippen LogP contribution in [0.1, 0.15) is 12.0 Å². The van der Waals surface area contributed by atoms with Crippen LogP contribution in [-0.4, -0.2) is 16.2 Å². The summed E-state index contributed by atoms with van der Waals surface area (Å²) >= 11 is 11.3. The third kappa shape index (κ3) is 2.79. The Morgan fingerprint density at radius 1 is 1.29 bits per heavy atom. The number of rotatable bonds is 3. The molecule has 76 valence electrons. The Morgan fingerprint density at radius 2 is 1.79 bits per heavy atom. The Hall–Kier alpha value is -0.930. The largest absolute Gasteiger partial charge is 0.505 e. The van der Waals surface area contributed by atoms with Crippen LogP contribution < -0.4 is 0 Å². The summed E-state index contributed by atoms with van der Waals surface area (Å²) in [4.78, 5) is 10.3. The number of carboxylic acids is 1. The molecule has 0 amide bonds. The van der Waals surface area contributed by atoms with Crippen LogP contribution >= 0.6 is 23.2 Å². The number of aryl methyl sites for hydroxylation is 1. The minimum absolute atomic E-state index is 0.0113. The molecule has 1 aromatic carbocycles. The second-order valence-corrected chi connectivity index (χ2v) is 3.62. The van der Waals surface area contributed by atoms with Gasteiger partial charge in [-0.1, -0.05) is 23.2 Å². The summed E-state index contributed by atoms with van der Waals surface area (Å²) in [5.41, 5.74) is 0.695. The molecule has 3 nitrogen and oxygen atoms in total. The molecule has 0 aliphatic carbocycles. The van der Waals surface area contributed by atoms with E-state index in [-0.39, 0.29) is 22.2 Å². The summed E-state index contributed by atoms with van der Waals surface area (Å²) < 4.78 is 0. The molecule has 1 aromatic rings. The molecule has 14 heavy (non-hydrogen) atoms. The molecule has 0 saturated heterocycles. The molecule has 0 radical (unpaired) electrons. The zero-order valence-corrected chi connectivity index (χ0v) is 8.64. The quantitative estimate of drug-likeness (QED) is 0.846. The fourth-order valence-electron chi connectivity index (χ4n) is 1.01. The first-order valence-corrected chi connectivity index (χ1v) is 4.65. The van der Waals surface area contributed by atoms with Crippen molar-refractivity contribution in [2.24, 2.45) is 0 Å². The molecule has 0 aromatic heterocycles. The van der Waals surface area contributed by atoms with Crippen molar-refractivity contribution in [3.05, 3.63) is 27.7 Å². The van der Waals surface area contributed by atoms with E-state index < -0.39 is 5.97 Å². The van der Waals surface area contributed by atoms with Crippen LogP contribution in [0.2, 0.25) is 10.0 Å². The van der Waals surface area contributed by atoms with Crippen LogP contribution in [0, 0.1) is 0 Å². The van der Waals surface area contributed by atoms with E-state index in [1.54, 1.807) is 0 Å². The first kappa shape index (κ1) is 11.1. The van der Waals surface area contributed by atoms with Crippen molar-refractivity contribution in [1.82, 2.24) is 0 Å². The van der Waals surface area contributed by atoms with Crippen LogP contribution in [-0.2, 0) is 11.2 Å². The van der Waals surface area contributed by atoms with E-state index in [1.165, 1.54) is 12.1 Å². The van der Waals surface area contributed by atoms with Crippen molar-refractivity contribution in [3.63, 3.8) is 0 Å². The topological polar surface area (TPSA) is 57.5 Å². The van der Waals surface area contributed by atoms with Gasteiger partial charge in [-0.15, -0.1) is 0 Å². The highest BCUT2D eigenvalue weighted by atomic mass is 35.5. The van der Waals surface area contributed by atoms with Crippen LogP contribution in [0.3, 0.4) is 0 Å². The Labute approximate surface area is 90.9 Å². The van der Waals surface area contributed by atoms with E-state index in [2.05, 4.69) is 0 Å². The van der Waals surface area contributed by atoms with Crippen molar-refractivity contribution in [2.45, 2.75) is 12.8 Å². The molecule has 5 heteroatoms. The van der Waals surface area contributed by atoms with E-state index in [0.717, 1.165) is 0 Å². The number of hydrogen-bond acceptors (Lipinski definition) is 2. The van der Waals surface area contributed by atoms with Crippen LogP contribution in [0.4, 0.5) is 0 Å². The van der Waals surface area contributed by atoms with Crippen molar-refractivity contribution < 1.29 is 15.0 Å². The maximum absolute atomic E-state index is 10.3. The van der Waals surface area contributed by atoms with Gasteiger partial charge >= 0.3 is 5.97 Å². The maximum Gasteiger partial charge on any atom is 0.303 e. The molecular formula is C9H8Cl2O3. The van der Waals surface area contributed by atoms with Crippen molar-refractivity contribution in [1.29, 1.82) is 0 Å². The molecule has 0 heterocycles. The first-order chi connectivity index (χ1) is 6.50. The minimum atomic E-state index is -0.884. The number of benzene rings is 1. The van der Waals surface area contributed by atoms with Gasteiger partial charge < -0.3 is 10.2 Å². The zero-order chi connectivity index (χ0) is 10.7. The van der Waals surface area contributed by atoms with Gasteiger partial charge in [0, 0.05) is 6.42 Å². The third-order valence-electron chi connectivity index (χ3n) is 1.70. The Bertz CT molecular complexity index is 340. The van der Waals surface area contributed by atoms with Crippen LogP contribution in [0.25, 0.3) is 0 Å². The average Bonchev–Trinajstić information content (AvgIpc) is 2.10. The number of phenolic OH excluding ortho intramolecular Hbond substituents is 1. The molecular weight excluding hydrogens is 227 g/mol. The molecule has 0 spiro atoms. The molecule has 1 rings (SSSR count). The standard InChI is InChI=1S/C9H8Cl2O3/c10-6-3-5(1-2-8(12)13)4-7(11)9(6)14/h3-4,14H,1-2H2,(H,12,13). The van der Waals surface area contributed by atoms with Gasteiger partial charge in [0.1, 0.15) is 0 Å². The lowest BCUT2D eigenvalue weighted by molar-refractivity contribution is -0.136. The van der Waals surface area contributed by atoms with E-state index in [1.807, 2.05) is 0 Å². The third-order valence-corrected chi connectivity index (χ3v) is 2.28. The maximum atomic E-state index is 10.3. The number of phenols is 1. The lowest BCUT2D eigenvalue weighted by atomic mass is 10.1. The molecule has 0 bridgehead atoms. The molecule has 0 fully saturated rings. The lowest BCUT2D eigenvalue weighted by Crippen LogP contribution is -1.97.